The summed E-state index contributed by atoms with van der Waals surface area (Å²) in [4.78, 5) is 18.5. The molecule has 2 heterocycles. The molecule has 1 amide bonds. The third-order valence-electron chi connectivity index (χ3n) is 6.91. The van der Waals surface area contributed by atoms with Crippen LogP contribution in [0.1, 0.15) is 51.0 Å². The number of rotatable bonds is 9. The lowest BCUT2D eigenvalue weighted by Gasteiger charge is -2.32. The largest absolute Gasteiger partial charge is 0.477 e. The van der Waals surface area contributed by atoms with Crippen molar-refractivity contribution in [2.75, 3.05) is 24.7 Å². The molecule has 2 aliphatic carbocycles. The number of aryl methyl sites for hydroxylation is 1. The summed E-state index contributed by atoms with van der Waals surface area (Å²) < 4.78 is 11.5. The second-order valence-electron chi connectivity index (χ2n) is 9.33. The van der Waals surface area contributed by atoms with E-state index < -0.39 is 0 Å². The van der Waals surface area contributed by atoms with Crippen molar-refractivity contribution in [2.45, 2.75) is 58.0 Å². The quantitative estimate of drug-likeness (QED) is 0.259. The number of carbonyl (C=O) groups excluding carboxylic acids is 1. The number of nitrogens with one attached hydrogen (secondary N) is 2. The molecule has 9 nitrogen and oxygen atoms in total. The number of pyridine rings is 1. The normalized spacial score (nSPS) is 24.3. The van der Waals surface area contributed by atoms with Gasteiger partial charge in [0.25, 0.3) is 0 Å². The van der Waals surface area contributed by atoms with Crippen LogP contribution in [0.3, 0.4) is 0 Å². The van der Waals surface area contributed by atoms with E-state index in [1.807, 2.05) is 24.8 Å². The van der Waals surface area contributed by atoms with Crippen LogP contribution in [-0.2, 0) is 4.74 Å². The van der Waals surface area contributed by atoms with Crippen LogP contribution in [-0.4, -0.2) is 47.6 Å². The molecule has 2 saturated carbocycles. The summed E-state index contributed by atoms with van der Waals surface area (Å²) in [5.74, 6) is 2.74. The van der Waals surface area contributed by atoms with Crippen molar-refractivity contribution < 1.29 is 14.3 Å². The molecule has 1 aromatic rings. The van der Waals surface area contributed by atoms with Crippen LogP contribution >= 0.6 is 0 Å². The first-order valence-corrected chi connectivity index (χ1v) is 11.2. The van der Waals surface area contributed by atoms with Gasteiger partial charge in [-0.05, 0) is 76.2 Å². The fraction of sp³-hybridized carbons (Fsp3) is 0.682. The maximum atomic E-state index is 12.3. The number of hydrogen-bond donors (Lipinski definition) is 2. The van der Waals surface area contributed by atoms with Gasteiger partial charge in [0.15, 0.2) is 0 Å². The first-order chi connectivity index (χ1) is 14.9. The Morgan fingerprint density at radius 2 is 2.16 bits per heavy atom. The van der Waals surface area contributed by atoms with Gasteiger partial charge in [-0.3, -0.25) is 5.41 Å². The van der Waals surface area contributed by atoms with E-state index in [2.05, 4.69) is 10.2 Å². The van der Waals surface area contributed by atoms with Gasteiger partial charge < -0.3 is 14.4 Å². The van der Waals surface area contributed by atoms with Crippen molar-refractivity contribution in [3.63, 3.8) is 0 Å². The molecule has 1 aliphatic heterocycles. The van der Waals surface area contributed by atoms with Crippen LogP contribution in [0.5, 0.6) is 5.88 Å². The number of ether oxygens (including phenoxy) is 2. The number of carbonyl (C=O) groups is 1. The highest BCUT2D eigenvalue weighted by atomic mass is 16.6. The van der Waals surface area contributed by atoms with Gasteiger partial charge in [-0.25, -0.2) is 14.8 Å². The van der Waals surface area contributed by atoms with E-state index in [9.17, 15) is 4.79 Å². The monoisotopic (exact) mass is 428 g/mol. The molecular formula is C22H32N6O3. The van der Waals surface area contributed by atoms with Crippen LogP contribution in [0, 0.1) is 35.6 Å². The van der Waals surface area contributed by atoms with Crippen LogP contribution in [0.25, 0.3) is 0 Å². The zero-order chi connectivity index (χ0) is 22.0. The number of anilines is 1. The van der Waals surface area contributed by atoms with E-state index >= 15 is 0 Å². The summed E-state index contributed by atoms with van der Waals surface area (Å²) in [5, 5.41) is 11.7. The Labute approximate surface area is 183 Å². The van der Waals surface area contributed by atoms with Crippen molar-refractivity contribution in [3.05, 3.63) is 17.8 Å². The summed E-state index contributed by atoms with van der Waals surface area (Å²) in [7, 11) is 0. The fourth-order valence-electron chi connectivity index (χ4n) is 4.54. The van der Waals surface area contributed by atoms with Gasteiger partial charge in [0.05, 0.1) is 18.5 Å². The van der Waals surface area contributed by atoms with Gasteiger partial charge in [-0.2, -0.15) is 5.53 Å². The molecule has 3 aliphatic rings. The van der Waals surface area contributed by atoms with E-state index in [-0.39, 0.29) is 11.7 Å². The minimum Gasteiger partial charge on any atom is -0.477 e. The molecule has 0 bridgehead atoms. The summed E-state index contributed by atoms with van der Waals surface area (Å²) in [6, 6.07) is 1.81. The number of hydrogen-bond acceptors (Lipinski definition) is 7. The standard InChI is InChI=1S/C22H32N6O3/c1-15-11-18(28(14-23)26-24)13-25-20(15)30-10-5-17-12-19(17)16-3-8-27(9-4-16)21(29)31-22(2)6-7-22/h11,13-14,16-17,19,23-24H,3-10,12H2,1-2H3/t17-,19-/m1/s1. The number of likely N-dealkylation sites (tertiary alicyclic amines) is 1. The molecule has 2 N–H and O–H groups in total. The predicted octanol–water partition coefficient (Wildman–Crippen LogP) is 4.56. The SMILES string of the molecule is Cc1cc(N(C=N)N=N)cnc1OCC[C@@H]1C[C@@H]1C1CCN(C(=O)OC2(C)CC2)CC1. The number of aromatic nitrogens is 1. The van der Waals surface area contributed by atoms with E-state index in [0.717, 1.165) is 68.0 Å². The van der Waals surface area contributed by atoms with Crippen molar-refractivity contribution in [1.82, 2.24) is 9.88 Å². The molecule has 1 saturated heterocycles. The fourth-order valence-corrected chi connectivity index (χ4v) is 4.54. The third kappa shape index (κ3) is 5.14. The molecule has 9 heteroatoms. The maximum Gasteiger partial charge on any atom is 0.410 e. The minimum absolute atomic E-state index is 0.131. The van der Waals surface area contributed by atoms with E-state index in [1.54, 1.807) is 6.20 Å². The highest BCUT2D eigenvalue weighted by Gasteiger charge is 2.45. The zero-order valence-corrected chi connectivity index (χ0v) is 18.3. The summed E-state index contributed by atoms with van der Waals surface area (Å²) >= 11 is 0. The average molecular weight is 429 g/mol. The van der Waals surface area contributed by atoms with Gasteiger partial charge >= 0.3 is 6.09 Å². The number of amides is 1. The third-order valence-corrected chi connectivity index (χ3v) is 6.91. The van der Waals surface area contributed by atoms with Crippen LogP contribution in [0.15, 0.2) is 17.5 Å². The van der Waals surface area contributed by atoms with Crippen LogP contribution in [0.2, 0.25) is 0 Å². The molecule has 2 atom stereocenters. The van der Waals surface area contributed by atoms with Crippen LogP contribution < -0.4 is 9.75 Å². The van der Waals surface area contributed by atoms with E-state index in [1.165, 1.54) is 6.42 Å². The molecular weight excluding hydrogens is 396 g/mol. The topological polar surface area (TPSA) is 115 Å². The molecule has 0 radical (unpaired) electrons. The molecule has 168 valence electrons. The Morgan fingerprint density at radius 1 is 1.42 bits per heavy atom. The maximum absolute atomic E-state index is 12.3. The lowest BCUT2D eigenvalue weighted by molar-refractivity contribution is 0.0473. The molecule has 0 spiro atoms. The first kappa shape index (κ1) is 21.5. The molecule has 31 heavy (non-hydrogen) atoms. The molecule has 3 fully saturated rings. The van der Waals surface area contributed by atoms with Gasteiger partial charge in [0.1, 0.15) is 11.9 Å². The summed E-state index contributed by atoms with van der Waals surface area (Å²) in [6.07, 6.45) is 8.79. The predicted molar refractivity (Wildman–Crippen MR) is 116 cm³/mol. The second kappa shape index (κ2) is 8.80. The molecule has 0 unspecified atom stereocenters. The summed E-state index contributed by atoms with van der Waals surface area (Å²) in [5.41, 5.74) is 8.31. The molecule has 1 aromatic heterocycles. The smallest absolute Gasteiger partial charge is 0.410 e. The average Bonchev–Trinajstić information content (AvgIpc) is 3.68. The Hall–Kier alpha value is -2.71. The lowest BCUT2D eigenvalue weighted by Crippen LogP contribution is -2.40. The van der Waals surface area contributed by atoms with Crippen molar-refractivity contribution in [1.29, 1.82) is 10.9 Å². The van der Waals surface area contributed by atoms with E-state index in [0.29, 0.717) is 30.0 Å². The Morgan fingerprint density at radius 3 is 2.77 bits per heavy atom. The minimum atomic E-state index is -0.195. The summed E-state index contributed by atoms with van der Waals surface area (Å²) in [6.45, 7) is 6.17. The van der Waals surface area contributed by atoms with Gasteiger partial charge in [0.2, 0.25) is 5.88 Å². The molecule has 4 rings (SSSR count). The Balaban J connectivity index is 1.17. The number of nitrogens with zero attached hydrogens (tertiary/aromatic N) is 4. The van der Waals surface area contributed by atoms with Gasteiger partial charge in [-0.1, -0.05) is 5.22 Å². The van der Waals surface area contributed by atoms with Crippen molar-refractivity contribution >= 4 is 18.1 Å². The number of piperidine rings is 1. The Bertz CT molecular complexity index is 827. The second-order valence-corrected chi connectivity index (χ2v) is 9.33. The van der Waals surface area contributed by atoms with Crippen LogP contribution in [0.4, 0.5) is 10.5 Å². The highest BCUT2D eigenvalue weighted by Crippen LogP contribution is 2.50. The first-order valence-electron chi connectivity index (χ1n) is 11.2. The van der Waals surface area contributed by atoms with Crippen molar-refractivity contribution in [3.8, 4) is 5.88 Å². The highest BCUT2D eigenvalue weighted by molar-refractivity contribution is 5.75. The van der Waals surface area contributed by atoms with Crippen molar-refractivity contribution in [2.24, 2.45) is 23.0 Å². The van der Waals surface area contributed by atoms with E-state index in [4.69, 9.17) is 20.4 Å². The van der Waals surface area contributed by atoms with Gasteiger partial charge in [-0.15, -0.1) is 0 Å². The molecule has 0 aromatic carbocycles. The Kier molecular flexibility index (Phi) is 6.11. The lowest BCUT2D eigenvalue weighted by atomic mass is 9.91. The zero-order valence-electron chi connectivity index (χ0n) is 18.3. The van der Waals surface area contributed by atoms with Gasteiger partial charge in [0, 0.05) is 18.7 Å².